The molecule has 0 radical (unpaired) electrons. The molecule has 5 saturated heterocycles. The standard InChI is InChI=1S/C32H27BO3.4C22H21BO3/c1-31(2)32(3,4)36-33(35-31)24-16-15-20-17-23(14-13-21(20)18-24)29-25-10-6-5-9-22(25)19-27-26-11-7-8-12-28(26)34-30(27)29;1-21(2)22(3,4)26-23(25-21)18-10-7-8-14-12-20-17(13-16(14)18)15-9-5-6-11-19(15)24-20;1-21(2)22(3,4)26-23(25-21)17-10-7-11-18-20(17)16-12-14-8-5-6-9-15(14)13-19(16)24-18;1-21(2)22(3,4)26-23(25-21)18-11-7-10-16-17-12-14-8-5-6-9-15(14)13-19(17)24-20(16)18;1-21(2)22(3,4)26-23(25-21)16-9-10-19-18(13-16)17-11-14-7-5-6-8-15(14)12-20(17)24-19/h5-19H,1-4H3;4*5-13H,1-4H3. The Hall–Kier alpha value is -12.8. The monoisotopic (exact) mass is 1850 g/mol. The summed E-state index contributed by atoms with van der Waals surface area (Å²) in [4.78, 5) is 0. The molecular weight excluding hydrogens is 1740 g/mol. The Labute approximate surface area is 815 Å². The van der Waals surface area contributed by atoms with Crippen LogP contribution in [0.25, 0.3) is 185 Å². The minimum atomic E-state index is -0.432. The van der Waals surface area contributed by atoms with Gasteiger partial charge in [0.25, 0.3) is 0 Å². The van der Waals surface area contributed by atoms with Crippen molar-refractivity contribution in [1.29, 1.82) is 0 Å². The molecule has 0 bridgehead atoms. The average Bonchev–Trinajstić information content (AvgIpc) is 1.58. The SMILES string of the molecule is CC1(C)OB(c2ccc3cc(-c4c5ccccc5cc5c4oc4ccccc45)ccc3c2)OC1(C)C.CC1(C)OB(c2ccc3oc4cc5ccccc5cc4c3c2)OC1(C)C.CC1(C)OB(c2cccc3c2oc2cc4ccccc4cc23)OC1(C)C.CC1(C)OB(c2cccc3cc4oc5ccccc5c4cc23)OC1(C)C.CC1(C)OB(c2cccc3oc4cc5ccccc5cc4c23)OC1(C)C. The molecule has 15 nitrogen and oxygen atoms in total. The molecule has 0 spiro atoms. The highest BCUT2D eigenvalue weighted by Gasteiger charge is 2.57. The second-order valence-electron chi connectivity index (χ2n) is 43.3. The molecule has 10 heterocycles. The fourth-order valence-electron chi connectivity index (χ4n) is 20.0. The zero-order chi connectivity index (χ0) is 97.1. The number of hydrogen-bond acceptors (Lipinski definition) is 15. The Morgan fingerprint density at radius 3 is 1.02 bits per heavy atom. The summed E-state index contributed by atoms with van der Waals surface area (Å²) in [5.41, 5.74) is 12.7. The van der Waals surface area contributed by atoms with Gasteiger partial charge in [-0.1, -0.05) is 224 Å². The van der Waals surface area contributed by atoms with Crippen molar-refractivity contribution >= 4 is 237 Å². The maximum atomic E-state index is 6.45. The van der Waals surface area contributed by atoms with Crippen LogP contribution in [0.5, 0.6) is 0 Å². The molecule has 0 unspecified atom stereocenters. The van der Waals surface area contributed by atoms with E-state index in [4.69, 9.17) is 68.6 Å². The molecule has 27 rings (SSSR count). The summed E-state index contributed by atoms with van der Waals surface area (Å²) in [6.07, 6.45) is 0. The van der Waals surface area contributed by atoms with Crippen LogP contribution < -0.4 is 27.3 Å². The fraction of sp³-hybridized carbons (Fsp3) is 0.250. The number of furan rings is 5. The van der Waals surface area contributed by atoms with Crippen LogP contribution in [0.3, 0.4) is 0 Å². The lowest BCUT2D eigenvalue weighted by molar-refractivity contribution is 0.00578. The first-order valence-corrected chi connectivity index (χ1v) is 48.7. The fourth-order valence-corrected chi connectivity index (χ4v) is 20.0. The molecule has 20 heteroatoms. The molecule has 5 aliphatic rings. The molecule has 0 aliphatic carbocycles. The van der Waals surface area contributed by atoms with Gasteiger partial charge in [0.2, 0.25) is 0 Å². The second kappa shape index (κ2) is 32.9. The third kappa shape index (κ3) is 15.5. The maximum Gasteiger partial charge on any atom is 0.498 e. The molecule has 5 aromatic heterocycles. The maximum absolute atomic E-state index is 6.45. The number of para-hydroxylation sites is 3. The highest BCUT2D eigenvalue weighted by molar-refractivity contribution is 6.67. The van der Waals surface area contributed by atoms with Crippen LogP contribution in [0.4, 0.5) is 0 Å². The predicted octanol–water partition coefficient (Wildman–Crippen LogP) is 28.0. The van der Waals surface area contributed by atoms with Crippen LogP contribution in [0.2, 0.25) is 0 Å². The van der Waals surface area contributed by atoms with Crippen molar-refractivity contribution < 1.29 is 68.6 Å². The van der Waals surface area contributed by atoms with E-state index in [2.05, 4.69) is 363 Å². The van der Waals surface area contributed by atoms with E-state index in [0.29, 0.717) is 0 Å². The van der Waals surface area contributed by atoms with Gasteiger partial charge in [-0.3, -0.25) is 0 Å². The molecule has 17 aromatic carbocycles. The van der Waals surface area contributed by atoms with Crippen molar-refractivity contribution in [2.75, 3.05) is 0 Å². The van der Waals surface area contributed by atoms with E-state index in [1.807, 2.05) is 84.9 Å². The zero-order valence-electron chi connectivity index (χ0n) is 83.0. The summed E-state index contributed by atoms with van der Waals surface area (Å²) in [7, 11) is -1.95. The van der Waals surface area contributed by atoms with E-state index >= 15 is 0 Å². The van der Waals surface area contributed by atoms with Crippen LogP contribution in [0, 0.1) is 0 Å². The smallest absolute Gasteiger partial charge is 0.456 e. The number of benzene rings is 17. The number of rotatable bonds is 6. The normalized spacial score (nSPS) is 18.5. The van der Waals surface area contributed by atoms with Crippen molar-refractivity contribution in [2.24, 2.45) is 0 Å². The number of fused-ring (bicyclic) bond motifs is 21. The highest BCUT2D eigenvalue weighted by Crippen LogP contribution is 2.48. The number of hydrogen-bond donors (Lipinski definition) is 0. The molecule has 5 aliphatic heterocycles. The van der Waals surface area contributed by atoms with E-state index in [1.165, 1.54) is 48.5 Å². The van der Waals surface area contributed by atoms with Crippen LogP contribution in [-0.2, 0) is 46.5 Å². The van der Waals surface area contributed by atoms with Gasteiger partial charge in [0.05, 0.1) is 56.0 Å². The van der Waals surface area contributed by atoms with Crippen LogP contribution in [0.1, 0.15) is 138 Å². The Morgan fingerprint density at radius 1 is 0.164 bits per heavy atom. The average molecular weight is 1850 g/mol. The van der Waals surface area contributed by atoms with Gasteiger partial charge >= 0.3 is 35.6 Å². The van der Waals surface area contributed by atoms with Crippen LogP contribution in [0.15, 0.2) is 331 Å². The molecule has 0 atom stereocenters. The highest BCUT2D eigenvalue weighted by atomic mass is 16.7. The summed E-state index contributed by atoms with van der Waals surface area (Å²) in [5.74, 6) is 0. The van der Waals surface area contributed by atoms with Crippen LogP contribution >= 0.6 is 0 Å². The van der Waals surface area contributed by atoms with Gasteiger partial charge in [0, 0.05) is 64.9 Å². The summed E-state index contributed by atoms with van der Waals surface area (Å²) < 4.78 is 93.7. The minimum Gasteiger partial charge on any atom is -0.456 e. The van der Waals surface area contributed by atoms with E-state index in [0.717, 1.165) is 164 Å². The quantitative estimate of drug-likeness (QED) is 0.145. The summed E-state index contributed by atoms with van der Waals surface area (Å²) in [6.45, 7) is 41.6. The molecule has 140 heavy (non-hydrogen) atoms. The molecule has 0 amide bonds. The first-order valence-electron chi connectivity index (χ1n) is 48.7. The Kier molecular flexibility index (Phi) is 21.4. The molecule has 5 fully saturated rings. The lowest BCUT2D eigenvalue weighted by Gasteiger charge is -2.32. The van der Waals surface area contributed by atoms with Gasteiger partial charge in [-0.2, -0.15) is 0 Å². The topological polar surface area (TPSA) is 158 Å². The Morgan fingerprint density at radius 2 is 0.471 bits per heavy atom. The molecule has 0 saturated carbocycles. The van der Waals surface area contributed by atoms with Gasteiger partial charge in [-0.25, -0.2) is 0 Å². The van der Waals surface area contributed by atoms with E-state index in [1.54, 1.807) is 0 Å². The summed E-state index contributed by atoms with van der Waals surface area (Å²) in [6, 6.07) is 107. The van der Waals surface area contributed by atoms with Gasteiger partial charge in [0.1, 0.15) is 55.8 Å². The zero-order valence-corrected chi connectivity index (χ0v) is 83.0. The molecular formula is C120H111B5O15. The van der Waals surface area contributed by atoms with Gasteiger partial charge in [-0.05, 0) is 315 Å². The second-order valence-corrected chi connectivity index (χ2v) is 43.3. The summed E-state index contributed by atoms with van der Waals surface area (Å²) >= 11 is 0. The minimum absolute atomic E-state index is 0.346. The lowest BCUT2D eigenvalue weighted by atomic mass is 9.76. The van der Waals surface area contributed by atoms with Crippen molar-refractivity contribution in [2.45, 2.75) is 194 Å². The van der Waals surface area contributed by atoms with Gasteiger partial charge in [-0.15, -0.1) is 0 Å². The van der Waals surface area contributed by atoms with E-state index in [9.17, 15) is 0 Å². The summed E-state index contributed by atoms with van der Waals surface area (Å²) in [5, 5.41) is 25.3. The van der Waals surface area contributed by atoms with E-state index < -0.39 is 14.2 Å². The lowest BCUT2D eigenvalue weighted by Crippen LogP contribution is -2.41. The third-order valence-corrected chi connectivity index (χ3v) is 31.7. The van der Waals surface area contributed by atoms with Crippen molar-refractivity contribution in [3.05, 3.63) is 309 Å². The van der Waals surface area contributed by atoms with Crippen molar-refractivity contribution in [1.82, 2.24) is 0 Å². The largest absolute Gasteiger partial charge is 0.498 e. The Balaban J connectivity index is 0.0000000983. The molecule has 22 aromatic rings. The Bertz CT molecular complexity index is 8630. The van der Waals surface area contributed by atoms with Gasteiger partial charge in [0.15, 0.2) is 0 Å². The third-order valence-electron chi connectivity index (χ3n) is 31.7. The van der Waals surface area contributed by atoms with Crippen molar-refractivity contribution in [3.63, 3.8) is 0 Å². The van der Waals surface area contributed by atoms with Crippen molar-refractivity contribution in [3.8, 4) is 11.1 Å². The molecule has 696 valence electrons. The van der Waals surface area contributed by atoms with Gasteiger partial charge < -0.3 is 68.6 Å². The molecule has 0 N–H and O–H groups in total. The van der Waals surface area contributed by atoms with E-state index in [-0.39, 0.29) is 77.4 Å². The van der Waals surface area contributed by atoms with Crippen LogP contribution in [-0.4, -0.2) is 91.6 Å². The first-order chi connectivity index (χ1) is 66.7. The first kappa shape index (κ1) is 91.0. The predicted molar refractivity (Wildman–Crippen MR) is 578 cm³/mol.